The summed E-state index contributed by atoms with van der Waals surface area (Å²) < 4.78 is 23.3. The molecule has 1 N–H and O–H groups in total. The van der Waals surface area contributed by atoms with Gasteiger partial charge in [0.05, 0.1) is 12.7 Å². The first kappa shape index (κ1) is 14.8. The molecule has 120 valence electrons. The fourth-order valence-corrected chi connectivity index (χ4v) is 3.27. The van der Waals surface area contributed by atoms with Crippen molar-refractivity contribution < 1.29 is 24.1 Å². The van der Waals surface area contributed by atoms with E-state index in [1.54, 1.807) is 13.8 Å². The van der Waals surface area contributed by atoms with Gasteiger partial charge in [0.2, 0.25) is 5.79 Å². The number of ether oxygens (including phenoxy) is 4. The van der Waals surface area contributed by atoms with Gasteiger partial charge in [-0.05, 0) is 19.4 Å². The number of fused-ring (bicyclic) bond motifs is 3. The zero-order valence-corrected chi connectivity index (χ0v) is 12.9. The number of benzene rings is 1. The van der Waals surface area contributed by atoms with Crippen molar-refractivity contribution in [2.24, 2.45) is 0 Å². The maximum atomic E-state index is 9.94. The Labute approximate surface area is 133 Å². The largest absolute Gasteiger partial charge is 0.374 e. The van der Waals surface area contributed by atoms with Crippen molar-refractivity contribution in [3.8, 4) is 6.07 Å². The van der Waals surface area contributed by atoms with Gasteiger partial charge in [0.1, 0.15) is 6.10 Å². The van der Waals surface area contributed by atoms with Gasteiger partial charge in [-0.1, -0.05) is 30.3 Å². The van der Waals surface area contributed by atoms with Crippen LogP contribution in [0, 0.1) is 11.3 Å². The van der Waals surface area contributed by atoms with Crippen LogP contribution in [0.5, 0.6) is 0 Å². The SMILES string of the molecule is CC1(C)OC2C3=C([C@@H](O)C#N)C3(OCc3ccccc3)O[C@@H]2O1. The van der Waals surface area contributed by atoms with E-state index in [0.29, 0.717) is 17.8 Å². The van der Waals surface area contributed by atoms with Gasteiger partial charge < -0.3 is 24.1 Å². The molecule has 2 heterocycles. The number of rotatable bonds is 4. The average Bonchev–Trinajstić information content (AvgIpc) is 2.93. The second kappa shape index (κ2) is 4.87. The summed E-state index contributed by atoms with van der Waals surface area (Å²) in [6.07, 6.45) is -2.29. The van der Waals surface area contributed by atoms with E-state index in [1.807, 2.05) is 36.4 Å². The van der Waals surface area contributed by atoms with E-state index < -0.39 is 30.1 Å². The predicted molar refractivity (Wildman–Crippen MR) is 77.5 cm³/mol. The molecule has 4 rings (SSSR count). The van der Waals surface area contributed by atoms with E-state index in [4.69, 9.17) is 24.2 Å². The first-order valence-electron chi connectivity index (χ1n) is 7.51. The zero-order chi connectivity index (χ0) is 16.2. The van der Waals surface area contributed by atoms with Crippen molar-refractivity contribution in [3.63, 3.8) is 0 Å². The Bertz CT molecular complexity index is 707. The van der Waals surface area contributed by atoms with Crippen LogP contribution in [0.4, 0.5) is 0 Å². The fourth-order valence-electron chi connectivity index (χ4n) is 3.27. The molecule has 2 fully saturated rings. The Hall–Kier alpha value is -1.75. The lowest BCUT2D eigenvalue weighted by Gasteiger charge is -2.23. The number of aliphatic hydroxyl groups excluding tert-OH is 1. The monoisotopic (exact) mass is 315 g/mol. The van der Waals surface area contributed by atoms with Gasteiger partial charge in [-0.25, -0.2) is 0 Å². The highest BCUT2D eigenvalue weighted by Crippen LogP contribution is 2.61. The van der Waals surface area contributed by atoms with Crippen LogP contribution in [0.1, 0.15) is 19.4 Å². The highest BCUT2D eigenvalue weighted by atomic mass is 16.9. The van der Waals surface area contributed by atoms with Crippen LogP contribution >= 0.6 is 0 Å². The quantitative estimate of drug-likeness (QED) is 0.671. The van der Waals surface area contributed by atoms with E-state index in [-0.39, 0.29) is 0 Å². The lowest BCUT2D eigenvalue weighted by Crippen LogP contribution is -2.31. The molecule has 0 spiro atoms. The van der Waals surface area contributed by atoms with E-state index in [2.05, 4.69) is 0 Å². The third-order valence-corrected chi connectivity index (χ3v) is 4.24. The third kappa shape index (κ3) is 2.21. The zero-order valence-electron chi connectivity index (χ0n) is 12.9. The van der Waals surface area contributed by atoms with Crippen molar-refractivity contribution >= 4 is 0 Å². The minimum absolute atomic E-state index is 0.300. The lowest BCUT2D eigenvalue weighted by molar-refractivity contribution is -0.258. The van der Waals surface area contributed by atoms with Gasteiger partial charge in [-0.15, -0.1) is 0 Å². The van der Waals surface area contributed by atoms with Crippen molar-refractivity contribution in [2.75, 3.05) is 0 Å². The minimum Gasteiger partial charge on any atom is -0.374 e. The molecular formula is C17H17NO5. The molecule has 23 heavy (non-hydrogen) atoms. The van der Waals surface area contributed by atoms with Gasteiger partial charge in [0.25, 0.3) is 0 Å². The molecule has 6 heteroatoms. The predicted octanol–water partition coefficient (Wildman–Crippen LogP) is 1.60. The Kier molecular flexibility index (Phi) is 3.14. The molecule has 1 aromatic carbocycles. The maximum absolute atomic E-state index is 9.94. The standard InChI is InChI=1S/C17H17NO5/c1-16(2)21-14-13-12(11(19)8-18)17(13,23-15(14)22-16)20-9-10-6-4-3-5-7-10/h3-7,11,14-15,19H,9H2,1-2H3/t11-,14?,15-,17?/m0/s1. The Morgan fingerprint density at radius 1 is 1.26 bits per heavy atom. The highest BCUT2D eigenvalue weighted by Gasteiger charge is 2.73. The summed E-state index contributed by atoms with van der Waals surface area (Å²) in [5.41, 5.74) is 2.10. The Balaban J connectivity index is 1.56. The normalized spacial score (nSPS) is 34.7. The lowest BCUT2D eigenvalue weighted by atomic mass is 10.2. The number of hydrogen-bond acceptors (Lipinski definition) is 6. The van der Waals surface area contributed by atoms with E-state index in [9.17, 15) is 5.11 Å². The summed E-state index contributed by atoms with van der Waals surface area (Å²) in [4.78, 5) is 0. The minimum atomic E-state index is -1.27. The number of aliphatic hydroxyl groups is 1. The molecule has 1 aliphatic carbocycles. The number of nitriles is 1. The average molecular weight is 315 g/mol. The van der Waals surface area contributed by atoms with E-state index in [0.717, 1.165) is 5.56 Å². The van der Waals surface area contributed by atoms with Crippen LogP contribution in [0.3, 0.4) is 0 Å². The van der Waals surface area contributed by atoms with Crippen LogP contribution in [0.2, 0.25) is 0 Å². The van der Waals surface area contributed by atoms with Crippen LogP contribution < -0.4 is 0 Å². The van der Waals surface area contributed by atoms with Crippen molar-refractivity contribution in [1.29, 1.82) is 5.26 Å². The molecule has 0 radical (unpaired) electrons. The number of hydrogen-bond donors (Lipinski definition) is 1. The Morgan fingerprint density at radius 3 is 2.70 bits per heavy atom. The summed E-state index contributed by atoms with van der Waals surface area (Å²) >= 11 is 0. The topological polar surface area (TPSA) is 80.9 Å². The molecule has 6 nitrogen and oxygen atoms in total. The highest BCUT2D eigenvalue weighted by molar-refractivity contribution is 5.59. The van der Waals surface area contributed by atoms with Crippen LogP contribution in [-0.2, 0) is 25.6 Å². The second-order valence-corrected chi connectivity index (χ2v) is 6.29. The van der Waals surface area contributed by atoms with Gasteiger partial charge in [0, 0.05) is 11.1 Å². The smallest absolute Gasteiger partial charge is 0.224 e. The van der Waals surface area contributed by atoms with Crippen molar-refractivity contribution in [3.05, 3.63) is 47.0 Å². The van der Waals surface area contributed by atoms with Gasteiger partial charge in [-0.2, -0.15) is 5.26 Å². The van der Waals surface area contributed by atoms with Crippen LogP contribution in [-0.4, -0.2) is 35.2 Å². The number of nitrogens with zero attached hydrogens (tertiary/aromatic N) is 1. The molecule has 1 aromatic rings. The molecule has 2 unspecified atom stereocenters. The molecule has 4 atom stereocenters. The Morgan fingerprint density at radius 2 is 2.00 bits per heavy atom. The molecule has 0 saturated carbocycles. The van der Waals surface area contributed by atoms with Gasteiger partial charge in [0.15, 0.2) is 18.2 Å². The fraction of sp³-hybridized carbons (Fsp3) is 0.471. The van der Waals surface area contributed by atoms with Crippen LogP contribution in [0.15, 0.2) is 41.5 Å². The van der Waals surface area contributed by atoms with E-state index in [1.165, 1.54) is 0 Å². The summed E-state index contributed by atoms with van der Waals surface area (Å²) in [7, 11) is 0. The van der Waals surface area contributed by atoms with E-state index >= 15 is 0 Å². The molecule has 2 saturated heterocycles. The summed E-state index contributed by atoms with van der Waals surface area (Å²) in [6.45, 7) is 3.89. The first-order chi connectivity index (χ1) is 11.0. The maximum Gasteiger partial charge on any atom is 0.224 e. The second-order valence-electron chi connectivity index (χ2n) is 6.29. The van der Waals surface area contributed by atoms with Crippen molar-refractivity contribution in [2.45, 2.75) is 50.5 Å². The summed E-state index contributed by atoms with van der Waals surface area (Å²) in [5.74, 6) is -1.93. The molecule has 0 bridgehead atoms. The molecule has 0 aromatic heterocycles. The van der Waals surface area contributed by atoms with Gasteiger partial charge >= 0.3 is 0 Å². The first-order valence-corrected chi connectivity index (χ1v) is 7.51. The molecule has 3 aliphatic rings. The molecule has 0 amide bonds. The van der Waals surface area contributed by atoms with Crippen LogP contribution in [0.25, 0.3) is 0 Å². The summed E-state index contributed by atoms with van der Waals surface area (Å²) in [5, 5.41) is 19.0. The molecule has 2 aliphatic heterocycles. The molecular weight excluding hydrogens is 298 g/mol. The van der Waals surface area contributed by atoms with Gasteiger partial charge in [-0.3, -0.25) is 0 Å². The van der Waals surface area contributed by atoms with Crippen molar-refractivity contribution in [1.82, 2.24) is 0 Å². The third-order valence-electron chi connectivity index (χ3n) is 4.24. The summed E-state index contributed by atoms with van der Waals surface area (Å²) in [6, 6.07) is 11.5.